The highest BCUT2D eigenvalue weighted by molar-refractivity contribution is 5.76. The van der Waals surface area contributed by atoms with Gasteiger partial charge < -0.3 is 20.3 Å². The Balaban J connectivity index is 3.54. The van der Waals surface area contributed by atoms with Gasteiger partial charge in [-0.25, -0.2) is 0 Å². The molecule has 3 N–H and O–H groups in total. The molecule has 0 spiro atoms. The van der Waals surface area contributed by atoms with Crippen LogP contribution in [0.4, 0.5) is 0 Å². The minimum Gasteiger partial charge on any atom is -0.466 e. The van der Waals surface area contributed by atoms with Gasteiger partial charge in [0.05, 0.1) is 25.4 Å². The summed E-state index contributed by atoms with van der Waals surface area (Å²) in [6.45, 7) is 4.83. The predicted octanol–water partition coefficient (Wildman–Crippen LogP) is 17.1. The molecule has 2 atom stereocenters. The second-order valence-electron chi connectivity index (χ2n) is 19.3. The van der Waals surface area contributed by atoms with Gasteiger partial charge in [-0.2, -0.15) is 0 Å². The van der Waals surface area contributed by atoms with Crippen molar-refractivity contribution in [2.24, 2.45) is 0 Å². The number of aliphatic hydroxyl groups is 2. The molecule has 1 amide bonds. The first-order valence-electron chi connectivity index (χ1n) is 28.1. The van der Waals surface area contributed by atoms with Crippen molar-refractivity contribution in [1.29, 1.82) is 0 Å². The molecule has 0 aliphatic rings. The fourth-order valence-electron chi connectivity index (χ4n) is 8.63. The minimum absolute atomic E-state index is 0.0357. The molecule has 63 heavy (non-hydrogen) atoms. The summed E-state index contributed by atoms with van der Waals surface area (Å²) in [5.41, 5.74) is 0. The van der Waals surface area contributed by atoms with E-state index in [0.29, 0.717) is 19.4 Å². The number of carbonyl (C=O) groups excluding carboxylic acids is 2. The molecule has 0 heterocycles. The fourth-order valence-corrected chi connectivity index (χ4v) is 8.63. The summed E-state index contributed by atoms with van der Waals surface area (Å²) in [7, 11) is 0. The third-order valence-electron chi connectivity index (χ3n) is 13.0. The lowest BCUT2D eigenvalue weighted by molar-refractivity contribution is -0.143. The molecule has 0 aromatic heterocycles. The van der Waals surface area contributed by atoms with Crippen LogP contribution in [0.5, 0.6) is 0 Å². The summed E-state index contributed by atoms with van der Waals surface area (Å²) in [5, 5.41) is 23.1. The van der Waals surface area contributed by atoms with E-state index in [9.17, 15) is 19.8 Å². The van der Waals surface area contributed by atoms with Gasteiger partial charge in [0.1, 0.15) is 0 Å². The zero-order valence-electron chi connectivity index (χ0n) is 42.3. The van der Waals surface area contributed by atoms with Gasteiger partial charge in [0, 0.05) is 12.8 Å². The summed E-state index contributed by atoms with van der Waals surface area (Å²) in [5.74, 6) is -0.137. The molecule has 6 heteroatoms. The van der Waals surface area contributed by atoms with E-state index in [-0.39, 0.29) is 18.5 Å². The van der Waals surface area contributed by atoms with Crippen LogP contribution in [-0.4, -0.2) is 47.4 Å². The number of aliphatic hydroxyl groups excluding tert-OH is 2. The van der Waals surface area contributed by atoms with E-state index in [0.717, 1.165) is 77.0 Å². The van der Waals surface area contributed by atoms with Gasteiger partial charge in [-0.3, -0.25) is 9.59 Å². The monoisotopic (exact) mass is 888 g/mol. The number of ether oxygens (including phenoxy) is 1. The second kappa shape index (κ2) is 53.0. The second-order valence-corrected chi connectivity index (χ2v) is 19.3. The summed E-state index contributed by atoms with van der Waals surface area (Å²) < 4.78 is 5.44. The van der Waals surface area contributed by atoms with E-state index >= 15 is 0 Å². The van der Waals surface area contributed by atoms with Gasteiger partial charge in [-0.05, 0) is 57.8 Å². The number of rotatable bonds is 52. The summed E-state index contributed by atoms with van der Waals surface area (Å²) in [4.78, 5) is 24.5. The van der Waals surface area contributed by atoms with Crippen molar-refractivity contribution in [1.82, 2.24) is 5.32 Å². The molecule has 0 saturated heterocycles. The number of hydrogen-bond donors (Lipinski definition) is 3. The molecular formula is C57H109NO5. The first kappa shape index (κ1) is 61.3. The van der Waals surface area contributed by atoms with Gasteiger partial charge in [-0.15, -0.1) is 0 Å². The van der Waals surface area contributed by atoms with Crippen molar-refractivity contribution in [2.45, 2.75) is 315 Å². The maximum atomic E-state index is 12.5. The summed E-state index contributed by atoms with van der Waals surface area (Å²) in [6.07, 6.45) is 63.4. The predicted molar refractivity (Wildman–Crippen MR) is 273 cm³/mol. The van der Waals surface area contributed by atoms with Crippen LogP contribution in [0.1, 0.15) is 303 Å². The lowest BCUT2D eigenvalue weighted by atomic mass is 10.0. The Labute approximate surface area is 392 Å². The van der Waals surface area contributed by atoms with E-state index in [1.807, 2.05) is 6.08 Å². The number of carbonyl (C=O) groups is 2. The smallest absolute Gasteiger partial charge is 0.305 e. The topological polar surface area (TPSA) is 95.9 Å². The maximum Gasteiger partial charge on any atom is 0.305 e. The molecule has 0 fully saturated rings. The van der Waals surface area contributed by atoms with Crippen LogP contribution < -0.4 is 5.32 Å². The van der Waals surface area contributed by atoms with Crippen LogP contribution in [0.15, 0.2) is 24.3 Å². The molecule has 0 aliphatic heterocycles. The number of esters is 1. The van der Waals surface area contributed by atoms with E-state index < -0.39 is 12.1 Å². The average Bonchev–Trinajstić information content (AvgIpc) is 3.28. The SMILES string of the molecule is CCCCCCCCCCCCCCCCCCCCCC/C=C/C(O)C(CO)NC(=O)CCCCCC/C=C\CCCCOC(=O)CCCCCCCCCCCCCCCC. The Bertz CT molecular complexity index is 982. The summed E-state index contributed by atoms with van der Waals surface area (Å²) >= 11 is 0. The van der Waals surface area contributed by atoms with Gasteiger partial charge in [0.25, 0.3) is 0 Å². The van der Waals surface area contributed by atoms with Gasteiger partial charge in [-0.1, -0.05) is 256 Å². The molecular weight excluding hydrogens is 779 g/mol. The number of hydrogen-bond acceptors (Lipinski definition) is 5. The largest absolute Gasteiger partial charge is 0.466 e. The van der Waals surface area contributed by atoms with Gasteiger partial charge in [0.2, 0.25) is 5.91 Å². The zero-order valence-corrected chi connectivity index (χ0v) is 42.3. The van der Waals surface area contributed by atoms with Crippen molar-refractivity contribution in [3.8, 4) is 0 Å². The zero-order chi connectivity index (χ0) is 45.8. The minimum atomic E-state index is -0.866. The Hall–Kier alpha value is -1.66. The molecule has 0 aliphatic carbocycles. The number of nitrogens with one attached hydrogen (secondary N) is 1. The van der Waals surface area contributed by atoms with Crippen molar-refractivity contribution in [2.75, 3.05) is 13.2 Å². The Morgan fingerprint density at radius 3 is 1.13 bits per heavy atom. The molecule has 0 aromatic carbocycles. The van der Waals surface area contributed by atoms with Crippen LogP contribution in [0.3, 0.4) is 0 Å². The molecule has 0 bridgehead atoms. The Morgan fingerprint density at radius 2 is 0.746 bits per heavy atom. The van der Waals surface area contributed by atoms with Crippen LogP contribution in [-0.2, 0) is 14.3 Å². The first-order valence-corrected chi connectivity index (χ1v) is 28.1. The van der Waals surface area contributed by atoms with Crippen LogP contribution in [0, 0.1) is 0 Å². The number of amides is 1. The third kappa shape index (κ3) is 49.6. The average molecular weight is 889 g/mol. The quantitative estimate of drug-likeness (QED) is 0.0321. The lowest BCUT2D eigenvalue weighted by Crippen LogP contribution is -2.45. The normalized spacial score (nSPS) is 12.8. The Morgan fingerprint density at radius 1 is 0.429 bits per heavy atom. The lowest BCUT2D eigenvalue weighted by Gasteiger charge is -2.20. The molecule has 2 unspecified atom stereocenters. The van der Waals surface area contributed by atoms with Crippen molar-refractivity contribution in [3.05, 3.63) is 24.3 Å². The Kier molecular flexibility index (Phi) is 51.6. The van der Waals surface area contributed by atoms with E-state index in [4.69, 9.17) is 4.74 Å². The van der Waals surface area contributed by atoms with Gasteiger partial charge >= 0.3 is 5.97 Å². The van der Waals surface area contributed by atoms with Gasteiger partial charge in [0.15, 0.2) is 0 Å². The molecule has 0 radical (unpaired) electrons. The molecule has 0 aromatic rings. The van der Waals surface area contributed by atoms with E-state index in [1.165, 1.54) is 199 Å². The highest BCUT2D eigenvalue weighted by Crippen LogP contribution is 2.17. The first-order chi connectivity index (χ1) is 31.0. The maximum absolute atomic E-state index is 12.5. The van der Waals surface area contributed by atoms with Crippen LogP contribution >= 0.6 is 0 Å². The number of unbranched alkanes of at least 4 members (excludes halogenated alkanes) is 39. The van der Waals surface area contributed by atoms with Crippen LogP contribution in [0.25, 0.3) is 0 Å². The van der Waals surface area contributed by atoms with E-state index in [2.05, 4.69) is 31.3 Å². The van der Waals surface area contributed by atoms with Crippen LogP contribution in [0.2, 0.25) is 0 Å². The summed E-state index contributed by atoms with van der Waals surface area (Å²) in [6, 6.07) is -0.653. The third-order valence-corrected chi connectivity index (χ3v) is 13.0. The van der Waals surface area contributed by atoms with E-state index in [1.54, 1.807) is 6.08 Å². The van der Waals surface area contributed by atoms with Crippen molar-refractivity contribution >= 4 is 11.9 Å². The standard InChI is InChI=1S/C57H109NO5/c1-3-5-7-9-11-13-15-17-19-20-21-22-23-24-25-26-27-29-33-37-41-45-49-55(60)54(53-59)58-56(61)50-46-42-38-34-31-32-36-40-44-48-52-63-57(62)51-47-43-39-35-30-28-18-16-14-12-10-8-6-4-2/h32,36,45,49,54-55,59-60H,3-31,33-35,37-44,46-48,50-53H2,1-2H3,(H,58,61)/b36-32-,49-45+. The molecule has 6 nitrogen and oxygen atoms in total. The highest BCUT2D eigenvalue weighted by atomic mass is 16.5. The fraction of sp³-hybridized carbons (Fsp3) is 0.895. The highest BCUT2D eigenvalue weighted by Gasteiger charge is 2.18. The van der Waals surface area contributed by atoms with Crippen molar-refractivity contribution in [3.63, 3.8) is 0 Å². The molecule has 0 rings (SSSR count). The number of allylic oxidation sites excluding steroid dienone is 3. The van der Waals surface area contributed by atoms with Crippen molar-refractivity contribution < 1.29 is 24.5 Å². The molecule has 0 saturated carbocycles. The molecule has 372 valence electrons.